The van der Waals surface area contributed by atoms with Gasteiger partial charge >= 0.3 is 5.97 Å². The molecule has 0 aromatic rings. The molecular weight excluding hydrogens is 460 g/mol. The van der Waals surface area contributed by atoms with E-state index in [1.165, 1.54) is 0 Å². The van der Waals surface area contributed by atoms with Crippen LogP contribution in [-0.2, 0) is 23.9 Å². The van der Waals surface area contributed by atoms with Crippen molar-refractivity contribution in [1.82, 2.24) is 9.80 Å². The maximum absolute atomic E-state index is 14.5. The topological polar surface area (TPSA) is 96.4 Å². The minimum atomic E-state index is -1.31. The van der Waals surface area contributed by atoms with Crippen molar-refractivity contribution in [3.05, 3.63) is 24.3 Å². The number of hydrogen-bond acceptors (Lipinski definition) is 6. The van der Waals surface area contributed by atoms with Gasteiger partial charge in [0.2, 0.25) is 11.8 Å². The van der Waals surface area contributed by atoms with Gasteiger partial charge in [-0.2, -0.15) is 0 Å². The van der Waals surface area contributed by atoms with Crippen LogP contribution in [0.1, 0.15) is 61.3 Å². The van der Waals surface area contributed by atoms with Gasteiger partial charge in [0.05, 0.1) is 24.7 Å². The molecule has 0 radical (unpaired) electrons. The summed E-state index contributed by atoms with van der Waals surface area (Å²) in [5, 5.41) is 10.4. The van der Waals surface area contributed by atoms with E-state index < -0.39 is 47.1 Å². The first-order valence-corrected chi connectivity index (χ1v) is 13.2. The molecule has 2 amide bonds. The molecule has 8 nitrogen and oxygen atoms in total. The summed E-state index contributed by atoms with van der Waals surface area (Å²) in [6.45, 7) is 14.7. The number of nitrogens with zero attached hydrogens (tertiary/aromatic N) is 2. The highest BCUT2D eigenvalue weighted by Gasteiger charge is 2.73. The first-order valence-electron chi connectivity index (χ1n) is 13.2. The zero-order valence-corrected chi connectivity index (χ0v) is 22.7. The molecule has 4 heterocycles. The molecule has 7 atom stereocenters. The molecule has 1 N–H and O–H groups in total. The lowest BCUT2D eigenvalue weighted by Gasteiger charge is -2.46. The molecule has 0 aromatic carbocycles. The number of esters is 1. The summed E-state index contributed by atoms with van der Waals surface area (Å²) in [6, 6.07) is -1.55. The molecule has 2 saturated heterocycles. The zero-order valence-electron chi connectivity index (χ0n) is 22.7. The lowest BCUT2D eigenvalue weighted by Crippen LogP contribution is -2.62. The Morgan fingerprint density at radius 1 is 1.14 bits per heavy atom. The van der Waals surface area contributed by atoms with Crippen LogP contribution in [0.3, 0.4) is 0 Å². The van der Waals surface area contributed by atoms with Gasteiger partial charge in [-0.25, -0.2) is 0 Å². The number of aliphatic hydroxyl groups is 1. The number of hydrogen-bond donors (Lipinski definition) is 1. The highest BCUT2D eigenvalue weighted by molar-refractivity contribution is 5.99. The summed E-state index contributed by atoms with van der Waals surface area (Å²) in [6.07, 6.45) is 8.08. The zero-order chi connectivity index (χ0) is 26.6. The molecule has 0 bridgehead atoms. The second kappa shape index (κ2) is 9.28. The quantitative estimate of drug-likeness (QED) is 0.443. The van der Waals surface area contributed by atoms with Crippen LogP contribution < -0.4 is 0 Å². The van der Waals surface area contributed by atoms with Crippen LogP contribution in [0.5, 0.6) is 0 Å². The van der Waals surface area contributed by atoms with Crippen molar-refractivity contribution in [3.63, 3.8) is 0 Å². The number of cyclic esters (lactones) is 1. The van der Waals surface area contributed by atoms with Crippen LogP contribution in [0, 0.1) is 23.2 Å². The maximum atomic E-state index is 14.5. The molecule has 0 aromatic heterocycles. The van der Waals surface area contributed by atoms with Gasteiger partial charge in [-0.1, -0.05) is 59.3 Å². The first kappa shape index (κ1) is 26.9. The smallest absolute Gasteiger partial charge is 0.313 e. The van der Waals surface area contributed by atoms with Gasteiger partial charge < -0.3 is 24.4 Å². The Hall–Kier alpha value is -2.19. The van der Waals surface area contributed by atoms with Crippen molar-refractivity contribution in [3.8, 4) is 0 Å². The predicted molar refractivity (Wildman–Crippen MR) is 135 cm³/mol. The number of aliphatic hydroxyl groups excluding tert-OH is 1. The Morgan fingerprint density at radius 2 is 1.83 bits per heavy atom. The summed E-state index contributed by atoms with van der Waals surface area (Å²) in [7, 11) is 0. The SMILES string of the molecule is CC[C@H](C)[C@H](CO)N1C(=O)[C@@H]2[C@H]3C(=O)OCC=C[C@H]3O[C@@]23C=CCN(C(C)(C)CC(C)(C)C)C(=O)C13. The van der Waals surface area contributed by atoms with E-state index >= 15 is 0 Å². The molecule has 200 valence electrons. The Labute approximate surface area is 214 Å². The normalized spacial score (nSPS) is 34.1. The Bertz CT molecular complexity index is 966. The number of rotatable bonds is 6. The minimum absolute atomic E-state index is 0.0266. The first-order chi connectivity index (χ1) is 16.8. The van der Waals surface area contributed by atoms with Gasteiger partial charge in [0, 0.05) is 12.1 Å². The molecule has 2 fully saturated rings. The van der Waals surface area contributed by atoms with Gasteiger partial charge in [-0.3, -0.25) is 14.4 Å². The van der Waals surface area contributed by atoms with Gasteiger partial charge in [-0.05, 0) is 37.7 Å². The van der Waals surface area contributed by atoms with Crippen LogP contribution in [0.2, 0.25) is 0 Å². The van der Waals surface area contributed by atoms with Gasteiger partial charge in [-0.15, -0.1) is 0 Å². The third-order valence-electron chi connectivity index (χ3n) is 8.39. The molecule has 4 aliphatic rings. The van der Waals surface area contributed by atoms with Crippen molar-refractivity contribution >= 4 is 17.8 Å². The number of amides is 2. The Kier molecular flexibility index (Phi) is 6.92. The molecule has 1 spiro atoms. The van der Waals surface area contributed by atoms with Crippen molar-refractivity contribution in [2.45, 2.75) is 90.6 Å². The molecule has 8 heteroatoms. The standard InChI is InChI=1S/C28H42N2O6/c1-8-17(2)18(15-31)30-22-24(33)29(27(6,7)16-26(3,4)5)13-10-12-28(22)21(23(30)32)20-19(36-28)11-9-14-35-25(20)34/h9-12,17-22,31H,8,13-16H2,1-7H3/t17-,18-,19+,20-,21-,22?,28-/m0/s1. The fraction of sp³-hybridized carbons (Fsp3) is 0.750. The largest absolute Gasteiger partial charge is 0.461 e. The minimum Gasteiger partial charge on any atom is -0.461 e. The molecule has 0 aliphatic carbocycles. The average Bonchev–Trinajstić information content (AvgIpc) is 3.07. The number of ether oxygens (including phenoxy) is 2. The average molecular weight is 503 g/mol. The van der Waals surface area contributed by atoms with Crippen LogP contribution in [0.15, 0.2) is 24.3 Å². The number of carbonyl (C=O) groups excluding carboxylic acids is 3. The molecule has 36 heavy (non-hydrogen) atoms. The lowest BCUT2D eigenvalue weighted by atomic mass is 9.77. The Balaban J connectivity index is 1.86. The van der Waals surface area contributed by atoms with Crippen LogP contribution >= 0.6 is 0 Å². The van der Waals surface area contributed by atoms with E-state index in [0.717, 1.165) is 12.8 Å². The molecule has 1 unspecified atom stereocenters. The second-order valence-electron chi connectivity index (χ2n) is 12.7. The monoisotopic (exact) mass is 502 g/mol. The third kappa shape index (κ3) is 4.20. The van der Waals surface area contributed by atoms with Crippen molar-refractivity contribution in [1.29, 1.82) is 0 Å². The van der Waals surface area contributed by atoms with E-state index in [2.05, 4.69) is 34.6 Å². The van der Waals surface area contributed by atoms with Crippen molar-refractivity contribution < 1.29 is 29.0 Å². The molecule has 4 rings (SSSR count). The van der Waals surface area contributed by atoms with E-state index in [1.54, 1.807) is 17.1 Å². The summed E-state index contributed by atoms with van der Waals surface area (Å²) >= 11 is 0. The third-order valence-corrected chi connectivity index (χ3v) is 8.39. The van der Waals surface area contributed by atoms with Crippen molar-refractivity contribution in [2.24, 2.45) is 23.2 Å². The van der Waals surface area contributed by atoms with Crippen LogP contribution in [-0.4, -0.2) is 81.8 Å². The predicted octanol–water partition coefficient (Wildman–Crippen LogP) is 2.70. The molecular formula is C28H42N2O6. The number of fused-ring (bicyclic) bond motifs is 2. The molecule has 4 aliphatic heterocycles. The summed E-state index contributed by atoms with van der Waals surface area (Å²) < 4.78 is 12.0. The van der Waals surface area contributed by atoms with Gasteiger partial charge in [0.25, 0.3) is 0 Å². The fourth-order valence-corrected chi connectivity index (χ4v) is 7.02. The van der Waals surface area contributed by atoms with E-state index in [0.29, 0.717) is 6.54 Å². The van der Waals surface area contributed by atoms with Crippen LogP contribution in [0.4, 0.5) is 0 Å². The second-order valence-corrected chi connectivity index (χ2v) is 12.7. The summed E-state index contributed by atoms with van der Waals surface area (Å²) in [4.78, 5) is 45.2. The fourth-order valence-electron chi connectivity index (χ4n) is 7.02. The van der Waals surface area contributed by atoms with Crippen molar-refractivity contribution in [2.75, 3.05) is 19.8 Å². The molecule has 0 saturated carbocycles. The summed E-state index contributed by atoms with van der Waals surface area (Å²) in [5.74, 6) is -2.81. The van der Waals surface area contributed by atoms with E-state index in [-0.39, 0.29) is 36.4 Å². The van der Waals surface area contributed by atoms with Crippen LogP contribution in [0.25, 0.3) is 0 Å². The van der Waals surface area contributed by atoms with Gasteiger partial charge in [0.15, 0.2) is 0 Å². The number of likely N-dealkylation sites (tertiary alicyclic amines) is 1. The van der Waals surface area contributed by atoms with E-state index in [1.807, 2.05) is 30.9 Å². The van der Waals surface area contributed by atoms with E-state index in [9.17, 15) is 19.5 Å². The lowest BCUT2D eigenvalue weighted by molar-refractivity contribution is -0.157. The number of carbonyl (C=O) groups is 3. The summed E-state index contributed by atoms with van der Waals surface area (Å²) in [5.41, 5.74) is -1.83. The van der Waals surface area contributed by atoms with Gasteiger partial charge in [0.1, 0.15) is 24.2 Å². The highest BCUT2D eigenvalue weighted by Crippen LogP contribution is 2.54. The Morgan fingerprint density at radius 3 is 2.44 bits per heavy atom. The van der Waals surface area contributed by atoms with E-state index in [4.69, 9.17) is 9.47 Å². The maximum Gasteiger partial charge on any atom is 0.313 e. The highest BCUT2D eigenvalue weighted by atomic mass is 16.6.